The molecule has 0 spiro atoms. The number of esters is 1. The Morgan fingerprint density at radius 1 is 1.36 bits per heavy atom. The summed E-state index contributed by atoms with van der Waals surface area (Å²) in [5.41, 5.74) is 0.632. The molecule has 2 amide bonds. The summed E-state index contributed by atoms with van der Waals surface area (Å²) < 4.78 is 16.4. The average Bonchev–Trinajstić information content (AvgIpc) is 2.97. The van der Waals surface area contributed by atoms with Gasteiger partial charge in [0.15, 0.2) is 11.5 Å². The summed E-state index contributed by atoms with van der Waals surface area (Å²) in [6, 6.07) is 5.10. The number of hydrogen-bond donors (Lipinski definition) is 1. The minimum atomic E-state index is -0.661. The van der Waals surface area contributed by atoms with Crippen molar-refractivity contribution in [2.24, 2.45) is 5.92 Å². The quantitative estimate of drug-likeness (QED) is 0.850. The number of carbonyl (C=O) groups excluding carboxylic acids is 2. The molecule has 3 rings (SSSR count). The lowest BCUT2D eigenvalue weighted by atomic mass is 9.98. The van der Waals surface area contributed by atoms with Crippen LogP contribution in [0.3, 0.4) is 0 Å². The van der Waals surface area contributed by atoms with Gasteiger partial charge in [0.05, 0.1) is 13.0 Å². The van der Waals surface area contributed by atoms with E-state index >= 15 is 0 Å². The molecule has 7 heteroatoms. The molecule has 2 aliphatic rings. The molecule has 25 heavy (non-hydrogen) atoms. The molecule has 0 saturated carbocycles. The number of carbonyl (C=O) groups is 2. The van der Waals surface area contributed by atoms with Crippen molar-refractivity contribution in [2.45, 2.75) is 38.9 Å². The van der Waals surface area contributed by atoms with Crippen LogP contribution < -0.4 is 14.8 Å². The molecule has 2 heterocycles. The molecule has 2 aliphatic heterocycles. The zero-order valence-electron chi connectivity index (χ0n) is 14.8. The van der Waals surface area contributed by atoms with Gasteiger partial charge in [0.25, 0.3) is 0 Å². The minimum Gasteiger partial charge on any atom is -0.469 e. The fraction of sp³-hybridized carbons (Fsp3) is 0.556. The molecule has 7 nitrogen and oxygen atoms in total. The second-order valence-electron chi connectivity index (χ2n) is 6.59. The van der Waals surface area contributed by atoms with Crippen molar-refractivity contribution >= 4 is 17.7 Å². The topological polar surface area (TPSA) is 77.1 Å². The summed E-state index contributed by atoms with van der Waals surface area (Å²) in [4.78, 5) is 25.8. The predicted molar refractivity (Wildman–Crippen MR) is 91.7 cm³/mol. The molecule has 0 aromatic heterocycles. The highest BCUT2D eigenvalue weighted by Gasteiger charge is 2.35. The van der Waals surface area contributed by atoms with Crippen molar-refractivity contribution < 1.29 is 23.8 Å². The van der Waals surface area contributed by atoms with Crippen LogP contribution in [0, 0.1) is 5.92 Å². The lowest BCUT2D eigenvalue weighted by molar-refractivity contribution is -0.146. The van der Waals surface area contributed by atoms with Crippen LogP contribution in [0.2, 0.25) is 0 Å². The van der Waals surface area contributed by atoms with Crippen molar-refractivity contribution in [2.75, 3.05) is 25.5 Å². The van der Waals surface area contributed by atoms with E-state index in [9.17, 15) is 9.59 Å². The fourth-order valence-electron chi connectivity index (χ4n) is 3.10. The van der Waals surface area contributed by atoms with E-state index in [1.807, 2.05) is 13.8 Å². The normalized spacial score (nSPS) is 24.8. The Morgan fingerprint density at radius 3 is 2.84 bits per heavy atom. The highest BCUT2D eigenvalue weighted by Crippen LogP contribution is 2.42. The summed E-state index contributed by atoms with van der Waals surface area (Å²) in [6.07, 6.45) is 2.24. The second kappa shape index (κ2) is 6.82. The molecule has 0 unspecified atom stereocenters. The number of fused-ring (bicyclic) bond motifs is 1. The Hall–Kier alpha value is -2.44. The van der Waals surface area contributed by atoms with E-state index in [1.54, 1.807) is 23.1 Å². The van der Waals surface area contributed by atoms with Crippen LogP contribution >= 0.6 is 0 Å². The smallest absolute Gasteiger partial charge is 0.321 e. The number of amides is 2. The van der Waals surface area contributed by atoms with Crippen LogP contribution in [0.1, 0.15) is 33.1 Å². The molecule has 2 atom stereocenters. The first-order valence-corrected chi connectivity index (χ1v) is 8.60. The number of urea groups is 1. The van der Waals surface area contributed by atoms with E-state index < -0.39 is 5.79 Å². The van der Waals surface area contributed by atoms with Crippen LogP contribution in [-0.2, 0) is 9.53 Å². The van der Waals surface area contributed by atoms with Gasteiger partial charge >= 0.3 is 12.0 Å². The highest BCUT2D eigenvalue weighted by atomic mass is 16.7. The average molecular weight is 348 g/mol. The third-order valence-electron chi connectivity index (χ3n) is 4.73. The van der Waals surface area contributed by atoms with Gasteiger partial charge in [0.2, 0.25) is 5.79 Å². The maximum atomic E-state index is 12.5. The third kappa shape index (κ3) is 3.65. The summed E-state index contributed by atoms with van der Waals surface area (Å²) in [7, 11) is 1.37. The number of ether oxygens (including phenoxy) is 3. The fourth-order valence-corrected chi connectivity index (χ4v) is 3.10. The van der Waals surface area contributed by atoms with Crippen LogP contribution in [-0.4, -0.2) is 42.9 Å². The Balaban J connectivity index is 1.64. The van der Waals surface area contributed by atoms with E-state index in [-0.39, 0.29) is 17.9 Å². The van der Waals surface area contributed by atoms with Crippen molar-refractivity contribution in [3.8, 4) is 11.5 Å². The number of methoxy groups -OCH3 is 1. The first-order valence-electron chi connectivity index (χ1n) is 8.60. The van der Waals surface area contributed by atoms with Crippen LogP contribution in [0.25, 0.3) is 0 Å². The number of likely N-dealkylation sites (tertiary alicyclic amines) is 1. The van der Waals surface area contributed by atoms with Gasteiger partial charge < -0.3 is 24.4 Å². The molecule has 136 valence electrons. The molecule has 1 saturated heterocycles. The summed E-state index contributed by atoms with van der Waals surface area (Å²) in [6.45, 7) is 4.86. The maximum absolute atomic E-state index is 12.5. The summed E-state index contributed by atoms with van der Waals surface area (Å²) >= 11 is 0. The molecule has 1 aromatic rings. The number of piperidine rings is 1. The van der Waals surface area contributed by atoms with Gasteiger partial charge in [-0.1, -0.05) is 6.92 Å². The molecule has 0 aliphatic carbocycles. The molecule has 1 aromatic carbocycles. The lowest BCUT2D eigenvalue weighted by Crippen LogP contribution is -2.44. The van der Waals surface area contributed by atoms with E-state index in [0.717, 1.165) is 12.8 Å². The van der Waals surface area contributed by atoms with Gasteiger partial charge in [-0.3, -0.25) is 4.79 Å². The Morgan fingerprint density at radius 2 is 2.12 bits per heavy atom. The number of benzene rings is 1. The molecular weight excluding hydrogens is 324 g/mol. The van der Waals surface area contributed by atoms with E-state index in [1.165, 1.54) is 7.11 Å². The number of nitrogens with zero attached hydrogens (tertiary/aromatic N) is 1. The van der Waals surface area contributed by atoms with E-state index in [4.69, 9.17) is 14.2 Å². The number of rotatable bonds is 3. The largest absolute Gasteiger partial charge is 0.469 e. The highest BCUT2D eigenvalue weighted by molar-refractivity contribution is 5.90. The molecular formula is C18H24N2O5. The van der Waals surface area contributed by atoms with Crippen molar-refractivity contribution in [1.82, 2.24) is 4.90 Å². The minimum absolute atomic E-state index is 0.231. The van der Waals surface area contributed by atoms with Crippen molar-refractivity contribution in [3.63, 3.8) is 0 Å². The van der Waals surface area contributed by atoms with Gasteiger partial charge in [-0.15, -0.1) is 0 Å². The molecule has 1 N–H and O–H groups in total. The maximum Gasteiger partial charge on any atom is 0.321 e. The Bertz CT molecular complexity index is 677. The monoisotopic (exact) mass is 348 g/mol. The first kappa shape index (κ1) is 17.4. The van der Waals surface area contributed by atoms with Gasteiger partial charge in [-0.2, -0.15) is 0 Å². The van der Waals surface area contributed by atoms with Crippen LogP contribution in [0.15, 0.2) is 18.2 Å². The first-order chi connectivity index (χ1) is 11.9. The van der Waals surface area contributed by atoms with Gasteiger partial charge in [0, 0.05) is 38.2 Å². The number of nitrogens with one attached hydrogen (secondary N) is 1. The van der Waals surface area contributed by atoms with Gasteiger partial charge in [-0.05, 0) is 25.0 Å². The van der Waals surface area contributed by atoms with Crippen molar-refractivity contribution in [1.29, 1.82) is 0 Å². The summed E-state index contributed by atoms with van der Waals surface area (Å²) in [5, 5.41) is 2.86. The van der Waals surface area contributed by atoms with Crippen LogP contribution in [0.4, 0.5) is 10.5 Å². The second-order valence-corrected chi connectivity index (χ2v) is 6.59. The molecule has 0 bridgehead atoms. The number of anilines is 1. The Kier molecular flexibility index (Phi) is 4.74. The van der Waals surface area contributed by atoms with Gasteiger partial charge in [0.1, 0.15) is 0 Å². The zero-order chi connectivity index (χ0) is 18.0. The summed E-state index contributed by atoms with van der Waals surface area (Å²) in [5.74, 6) is 0.108. The van der Waals surface area contributed by atoms with Gasteiger partial charge in [-0.25, -0.2) is 4.79 Å². The van der Waals surface area contributed by atoms with E-state index in [0.29, 0.717) is 36.7 Å². The Labute approximate surface area is 147 Å². The third-order valence-corrected chi connectivity index (χ3v) is 4.73. The van der Waals surface area contributed by atoms with Crippen LogP contribution in [0.5, 0.6) is 11.5 Å². The molecule has 1 fully saturated rings. The number of hydrogen-bond acceptors (Lipinski definition) is 5. The van der Waals surface area contributed by atoms with E-state index in [2.05, 4.69) is 5.32 Å². The lowest BCUT2D eigenvalue weighted by Gasteiger charge is -2.31. The van der Waals surface area contributed by atoms with Crippen molar-refractivity contribution in [3.05, 3.63) is 18.2 Å². The predicted octanol–water partition coefficient (Wildman–Crippen LogP) is 3.00. The zero-order valence-corrected chi connectivity index (χ0v) is 14.8. The standard InChI is InChI=1S/C18H24N2O5/c1-4-18(2)24-14-8-7-13(10-15(14)25-18)19-17(22)20-9-5-6-12(11-20)16(21)23-3/h7-8,10,12H,4-6,9,11H2,1-3H3,(H,19,22)/t12-,18-/m1/s1. The SMILES string of the molecule is CC[C@]1(C)Oc2ccc(NC(=O)N3CCC[C@@H](C(=O)OC)C3)cc2O1. The molecule has 0 radical (unpaired) electrons.